The number of nitrogens with zero attached hydrogens (tertiary/aromatic N) is 1. The third kappa shape index (κ3) is 1.03. The van der Waals surface area contributed by atoms with Crippen LogP contribution in [0.1, 0.15) is 33.1 Å². The minimum atomic E-state index is -0.181. The van der Waals surface area contributed by atoms with Crippen molar-refractivity contribution in [2.75, 3.05) is 13.1 Å². The fourth-order valence-electron chi connectivity index (χ4n) is 2.99. The summed E-state index contributed by atoms with van der Waals surface area (Å²) in [6.07, 6.45) is 3.16. The van der Waals surface area contributed by atoms with E-state index in [2.05, 4.69) is 0 Å². The fourth-order valence-corrected chi connectivity index (χ4v) is 2.99. The van der Waals surface area contributed by atoms with E-state index in [-0.39, 0.29) is 11.0 Å². The molecule has 2 N–H and O–H groups in total. The summed E-state index contributed by atoms with van der Waals surface area (Å²) in [7, 11) is 0. The number of amides is 1. The van der Waals surface area contributed by atoms with Gasteiger partial charge in [-0.2, -0.15) is 0 Å². The van der Waals surface area contributed by atoms with Crippen molar-refractivity contribution in [2.45, 2.75) is 38.6 Å². The van der Waals surface area contributed by atoms with Crippen molar-refractivity contribution in [1.29, 1.82) is 0 Å². The molecule has 2 saturated heterocycles. The van der Waals surface area contributed by atoms with Crippen molar-refractivity contribution >= 4 is 5.91 Å². The summed E-state index contributed by atoms with van der Waals surface area (Å²) in [4.78, 5) is 14.0. The van der Waals surface area contributed by atoms with Crippen LogP contribution in [0.25, 0.3) is 0 Å². The summed E-state index contributed by atoms with van der Waals surface area (Å²) in [5.41, 5.74) is 5.63. The lowest BCUT2D eigenvalue weighted by molar-refractivity contribution is -0.135. The lowest BCUT2D eigenvalue weighted by Gasteiger charge is -2.30. The van der Waals surface area contributed by atoms with Crippen molar-refractivity contribution in [3.8, 4) is 0 Å². The first-order chi connectivity index (χ1) is 6.02. The minimum Gasteiger partial charge on any atom is -0.335 e. The Labute approximate surface area is 79.3 Å². The maximum absolute atomic E-state index is 11.9. The number of carbonyl (C=O) groups is 1. The van der Waals surface area contributed by atoms with E-state index in [0.717, 1.165) is 25.8 Å². The molecule has 0 aromatic rings. The van der Waals surface area contributed by atoms with Crippen LogP contribution in [0.15, 0.2) is 0 Å². The van der Waals surface area contributed by atoms with Crippen LogP contribution in [0.4, 0.5) is 0 Å². The van der Waals surface area contributed by atoms with E-state index in [1.54, 1.807) is 0 Å². The third-order valence-corrected chi connectivity index (χ3v) is 3.57. The van der Waals surface area contributed by atoms with Gasteiger partial charge < -0.3 is 10.6 Å². The van der Waals surface area contributed by atoms with Crippen LogP contribution in [0, 0.1) is 5.41 Å². The average Bonchev–Trinajstić information content (AvgIpc) is 2.53. The molecule has 2 fully saturated rings. The van der Waals surface area contributed by atoms with Crippen LogP contribution >= 0.6 is 0 Å². The molecule has 3 heteroatoms. The van der Waals surface area contributed by atoms with E-state index in [4.69, 9.17) is 5.73 Å². The van der Waals surface area contributed by atoms with Crippen LogP contribution in [0.5, 0.6) is 0 Å². The van der Waals surface area contributed by atoms with E-state index in [1.165, 1.54) is 0 Å². The average molecular weight is 182 g/mol. The first kappa shape index (κ1) is 9.00. The van der Waals surface area contributed by atoms with E-state index in [1.807, 2.05) is 18.7 Å². The molecular formula is C10H18N2O. The van der Waals surface area contributed by atoms with Gasteiger partial charge in [0, 0.05) is 18.5 Å². The Morgan fingerprint density at radius 3 is 2.77 bits per heavy atom. The van der Waals surface area contributed by atoms with Gasteiger partial charge in [-0.05, 0) is 19.3 Å². The molecule has 0 bridgehead atoms. The maximum atomic E-state index is 11.9. The molecule has 0 saturated carbocycles. The van der Waals surface area contributed by atoms with Crippen molar-refractivity contribution in [1.82, 2.24) is 4.90 Å². The molecule has 74 valence electrons. The van der Waals surface area contributed by atoms with Gasteiger partial charge in [0.1, 0.15) is 0 Å². The Morgan fingerprint density at radius 2 is 2.23 bits per heavy atom. The van der Waals surface area contributed by atoms with Crippen molar-refractivity contribution < 1.29 is 4.79 Å². The molecule has 2 rings (SSSR count). The van der Waals surface area contributed by atoms with Crippen molar-refractivity contribution in [3.05, 3.63) is 0 Å². The molecule has 13 heavy (non-hydrogen) atoms. The second-order valence-electron chi connectivity index (χ2n) is 5.05. The molecular weight excluding hydrogens is 164 g/mol. The first-order valence-electron chi connectivity index (χ1n) is 5.04. The van der Waals surface area contributed by atoms with E-state index in [0.29, 0.717) is 12.5 Å². The predicted molar refractivity (Wildman–Crippen MR) is 51.1 cm³/mol. The van der Waals surface area contributed by atoms with Crippen LogP contribution in [-0.4, -0.2) is 29.4 Å². The lowest BCUT2D eigenvalue weighted by atomic mass is 9.82. The van der Waals surface area contributed by atoms with E-state index >= 15 is 0 Å². The number of hydrogen-bond acceptors (Lipinski definition) is 2. The molecule has 1 atom stereocenters. The van der Waals surface area contributed by atoms with Gasteiger partial charge >= 0.3 is 0 Å². The second-order valence-corrected chi connectivity index (χ2v) is 5.05. The molecule has 0 aliphatic carbocycles. The number of hydrogen-bond donors (Lipinski definition) is 1. The van der Waals surface area contributed by atoms with Gasteiger partial charge in [-0.1, -0.05) is 13.8 Å². The lowest BCUT2D eigenvalue weighted by Crippen LogP contribution is -2.46. The van der Waals surface area contributed by atoms with Gasteiger partial charge in [-0.25, -0.2) is 0 Å². The van der Waals surface area contributed by atoms with E-state index in [9.17, 15) is 4.79 Å². The monoisotopic (exact) mass is 182 g/mol. The van der Waals surface area contributed by atoms with Gasteiger partial charge in [0.05, 0.1) is 5.54 Å². The highest BCUT2D eigenvalue weighted by Crippen LogP contribution is 2.47. The molecule has 0 unspecified atom stereocenters. The number of carbonyl (C=O) groups excluding carboxylic acids is 1. The third-order valence-electron chi connectivity index (χ3n) is 3.57. The van der Waals surface area contributed by atoms with Crippen LogP contribution in [-0.2, 0) is 4.79 Å². The Balaban J connectivity index is 2.34. The molecule has 0 aromatic heterocycles. The zero-order valence-electron chi connectivity index (χ0n) is 8.47. The van der Waals surface area contributed by atoms with E-state index < -0.39 is 0 Å². The SMILES string of the molecule is CC1(C)C[C@@]2(CN)CCCN2C1=O. The van der Waals surface area contributed by atoms with Crippen LogP contribution < -0.4 is 5.73 Å². The fraction of sp³-hybridized carbons (Fsp3) is 0.900. The summed E-state index contributed by atoms with van der Waals surface area (Å²) in [5.74, 6) is 0.301. The highest BCUT2D eigenvalue weighted by molar-refractivity contribution is 5.86. The molecule has 2 aliphatic rings. The topological polar surface area (TPSA) is 46.3 Å². The molecule has 0 spiro atoms. The van der Waals surface area contributed by atoms with Gasteiger partial charge in [0.2, 0.25) is 5.91 Å². The zero-order chi connectivity index (χ0) is 9.69. The van der Waals surface area contributed by atoms with Crippen molar-refractivity contribution in [2.24, 2.45) is 11.1 Å². The Hall–Kier alpha value is -0.570. The van der Waals surface area contributed by atoms with Gasteiger partial charge in [-0.3, -0.25) is 4.79 Å². The predicted octanol–water partition coefficient (Wildman–Crippen LogP) is 0.736. The Morgan fingerprint density at radius 1 is 1.54 bits per heavy atom. The summed E-state index contributed by atoms with van der Waals surface area (Å²) in [5, 5.41) is 0. The molecule has 2 heterocycles. The van der Waals surface area contributed by atoms with Gasteiger partial charge in [0.25, 0.3) is 0 Å². The normalized spacial score (nSPS) is 36.8. The van der Waals surface area contributed by atoms with Gasteiger partial charge in [-0.15, -0.1) is 0 Å². The largest absolute Gasteiger partial charge is 0.335 e. The summed E-state index contributed by atoms with van der Waals surface area (Å²) >= 11 is 0. The van der Waals surface area contributed by atoms with Crippen molar-refractivity contribution in [3.63, 3.8) is 0 Å². The standard InChI is InChI=1S/C10H18N2O/c1-9(2)6-10(7-11)4-3-5-12(10)8(9)13/h3-7,11H2,1-2H3/t10-/m1/s1. The quantitative estimate of drug-likeness (QED) is 0.650. The Bertz CT molecular complexity index is 249. The van der Waals surface area contributed by atoms with Gasteiger partial charge in [0.15, 0.2) is 0 Å². The first-order valence-corrected chi connectivity index (χ1v) is 5.04. The Kier molecular flexibility index (Phi) is 1.71. The maximum Gasteiger partial charge on any atom is 0.228 e. The van der Waals surface area contributed by atoms with Crippen LogP contribution in [0.2, 0.25) is 0 Å². The smallest absolute Gasteiger partial charge is 0.228 e. The molecule has 3 nitrogen and oxygen atoms in total. The number of fused-ring (bicyclic) bond motifs is 1. The van der Waals surface area contributed by atoms with Crippen LogP contribution in [0.3, 0.4) is 0 Å². The highest BCUT2D eigenvalue weighted by atomic mass is 16.2. The zero-order valence-corrected chi connectivity index (χ0v) is 8.47. The highest BCUT2D eigenvalue weighted by Gasteiger charge is 2.55. The molecule has 0 radical (unpaired) electrons. The number of rotatable bonds is 1. The summed E-state index contributed by atoms with van der Waals surface area (Å²) < 4.78 is 0. The molecule has 1 amide bonds. The second kappa shape index (κ2) is 2.47. The number of nitrogens with two attached hydrogens (primary N) is 1. The molecule has 0 aromatic carbocycles. The summed E-state index contributed by atoms with van der Waals surface area (Å²) in [6, 6.07) is 0. The summed E-state index contributed by atoms with van der Waals surface area (Å²) in [6.45, 7) is 5.61. The molecule has 2 aliphatic heterocycles. The minimum absolute atomic E-state index is 0.0145.